The van der Waals surface area contributed by atoms with E-state index in [2.05, 4.69) is 10.4 Å². The van der Waals surface area contributed by atoms with Crippen molar-refractivity contribution in [1.82, 2.24) is 14.8 Å². The van der Waals surface area contributed by atoms with Crippen LogP contribution in [0.25, 0.3) is 0 Å². The second kappa shape index (κ2) is 5.32. The number of hydrazine groups is 1. The number of likely N-dealkylation sites (N-methyl/N-ethyl adjacent to an activating group) is 1. The quantitative estimate of drug-likeness (QED) is 0.441. The summed E-state index contributed by atoms with van der Waals surface area (Å²) in [5.74, 6) is 4.37. The first-order chi connectivity index (χ1) is 8.65. The molecule has 0 aliphatic carbocycles. The smallest absolute Gasteiger partial charge is 0.312 e. The minimum Gasteiger partial charge on any atom is -0.333 e. The van der Waals surface area contributed by atoms with E-state index in [0.29, 0.717) is 31.3 Å². The van der Waals surface area contributed by atoms with Crippen molar-refractivity contribution in [2.45, 2.75) is 13.5 Å². The summed E-state index contributed by atoms with van der Waals surface area (Å²) in [7, 11) is 0. The summed E-state index contributed by atoms with van der Waals surface area (Å²) in [6.07, 6.45) is 1.66. The Morgan fingerprint density at radius 2 is 2.06 bits per heavy atom. The van der Waals surface area contributed by atoms with E-state index in [9.17, 15) is 9.59 Å². The molecule has 2 heterocycles. The molecule has 0 aromatic carbocycles. The lowest BCUT2D eigenvalue weighted by atomic mass is 10.3. The predicted octanol–water partition coefficient (Wildman–Crippen LogP) is -0.381. The number of nitrogens with two attached hydrogens (primary N) is 1. The maximum atomic E-state index is 11.9. The standard InChI is InChI=1S/C10H15N5O2S/c1-2-14-3-4-15(9(17)8(14)16)6-7-5-12-10(13-11)18-7/h5H,2-4,6,11H2,1H3,(H,12,13). The number of rotatable bonds is 4. The summed E-state index contributed by atoms with van der Waals surface area (Å²) in [6.45, 7) is 3.98. The third-order valence-corrected chi connectivity index (χ3v) is 3.72. The van der Waals surface area contributed by atoms with Gasteiger partial charge in [0, 0.05) is 30.7 Å². The fourth-order valence-electron chi connectivity index (χ4n) is 1.80. The number of nitrogen functional groups attached to an aromatic ring is 1. The van der Waals surface area contributed by atoms with E-state index in [1.165, 1.54) is 11.3 Å². The number of hydrogen-bond acceptors (Lipinski definition) is 6. The lowest BCUT2D eigenvalue weighted by Crippen LogP contribution is -2.53. The minimum absolute atomic E-state index is 0.404. The largest absolute Gasteiger partial charge is 0.333 e. The fourth-order valence-corrected chi connectivity index (χ4v) is 2.54. The van der Waals surface area contributed by atoms with Crippen LogP contribution >= 0.6 is 11.3 Å². The number of amides is 2. The topological polar surface area (TPSA) is 91.6 Å². The molecule has 8 heteroatoms. The Hall–Kier alpha value is -1.67. The molecular weight excluding hydrogens is 254 g/mol. The van der Waals surface area contributed by atoms with Gasteiger partial charge in [-0.05, 0) is 6.92 Å². The molecule has 2 rings (SSSR count). The van der Waals surface area contributed by atoms with Gasteiger partial charge >= 0.3 is 11.8 Å². The van der Waals surface area contributed by atoms with Gasteiger partial charge in [-0.15, -0.1) is 0 Å². The van der Waals surface area contributed by atoms with Crippen molar-refractivity contribution in [2.75, 3.05) is 25.1 Å². The molecule has 98 valence electrons. The molecule has 0 radical (unpaired) electrons. The molecule has 3 N–H and O–H groups in total. The highest BCUT2D eigenvalue weighted by atomic mass is 32.1. The van der Waals surface area contributed by atoms with Crippen molar-refractivity contribution in [1.29, 1.82) is 0 Å². The van der Waals surface area contributed by atoms with Gasteiger partial charge in [-0.2, -0.15) is 0 Å². The summed E-state index contributed by atoms with van der Waals surface area (Å²) in [6, 6.07) is 0. The fraction of sp³-hybridized carbons (Fsp3) is 0.500. The monoisotopic (exact) mass is 269 g/mol. The Balaban J connectivity index is 2.02. The number of aromatic nitrogens is 1. The molecule has 1 aromatic rings. The average molecular weight is 269 g/mol. The number of anilines is 1. The van der Waals surface area contributed by atoms with Crippen LogP contribution in [0.4, 0.5) is 5.13 Å². The molecule has 1 fully saturated rings. The van der Waals surface area contributed by atoms with E-state index < -0.39 is 11.8 Å². The van der Waals surface area contributed by atoms with Crippen LogP contribution in [0.2, 0.25) is 0 Å². The molecule has 1 saturated heterocycles. The number of hydrogen-bond donors (Lipinski definition) is 2. The molecule has 1 aliphatic heterocycles. The van der Waals surface area contributed by atoms with Gasteiger partial charge in [0.1, 0.15) is 0 Å². The van der Waals surface area contributed by atoms with Gasteiger partial charge in [0.25, 0.3) is 0 Å². The summed E-state index contributed by atoms with van der Waals surface area (Å²) < 4.78 is 0. The van der Waals surface area contributed by atoms with Crippen LogP contribution in [0.5, 0.6) is 0 Å². The molecule has 1 aliphatic rings. The van der Waals surface area contributed by atoms with Crippen LogP contribution in [-0.2, 0) is 16.1 Å². The zero-order valence-electron chi connectivity index (χ0n) is 10.0. The second-order valence-electron chi connectivity index (χ2n) is 3.89. The molecule has 1 aromatic heterocycles. The maximum absolute atomic E-state index is 11.9. The van der Waals surface area contributed by atoms with E-state index in [1.54, 1.807) is 16.0 Å². The molecular formula is C10H15N5O2S. The van der Waals surface area contributed by atoms with Crippen LogP contribution < -0.4 is 11.3 Å². The van der Waals surface area contributed by atoms with Crippen LogP contribution in [0.3, 0.4) is 0 Å². The van der Waals surface area contributed by atoms with Crippen LogP contribution in [0.15, 0.2) is 6.20 Å². The van der Waals surface area contributed by atoms with Gasteiger partial charge < -0.3 is 9.80 Å². The van der Waals surface area contributed by atoms with Crippen molar-refractivity contribution in [3.63, 3.8) is 0 Å². The molecule has 0 bridgehead atoms. The molecule has 0 unspecified atom stereocenters. The highest BCUT2D eigenvalue weighted by Gasteiger charge is 2.31. The number of carbonyl (C=O) groups excluding carboxylic acids is 2. The Morgan fingerprint density at radius 1 is 1.39 bits per heavy atom. The first-order valence-electron chi connectivity index (χ1n) is 5.65. The van der Waals surface area contributed by atoms with Crippen molar-refractivity contribution >= 4 is 28.3 Å². The van der Waals surface area contributed by atoms with Crippen molar-refractivity contribution in [3.05, 3.63) is 11.1 Å². The summed E-state index contributed by atoms with van der Waals surface area (Å²) in [5, 5.41) is 0.593. The first kappa shape index (κ1) is 12.8. The summed E-state index contributed by atoms with van der Waals surface area (Å²) in [5.41, 5.74) is 2.45. The highest BCUT2D eigenvalue weighted by molar-refractivity contribution is 7.15. The number of piperazine rings is 1. The van der Waals surface area contributed by atoms with Gasteiger partial charge in [0.05, 0.1) is 6.54 Å². The van der Waals surface area contributed by atoms with E-state index in [-0.39, 0.29) is 0 Å². The SMILES string of the molecule is CCN1CCN(Cc2cnc(NN)s2)C(=O)C1=O. The third-order valence-electron chi connectivity index (χ3n) is 2.80. The predicted molar refractivity (Wildman–Crippen MR) is 67.6 cm³/mol. The number of carbonyl (C=O) groups is 2. The minimum atomic E-state index is -0.446. The van der Waals surface area contributed by atoms with Crippen molar-refractivity contribution < 1.29 is 9.59 Å². The Kier molecular flexibility index (Phi) is 3.78. The number of nitrogens with zero attached hydrogens (tertiary/aromatic N) is 3. The Labute approximate surface area is 109 Å². The zero-order valence-corrected chi connectivity index (χ0v) is 10.9. The van der Waals surface area contributed by atoms with Gasteiger partial charge in [-0.3, -0.25) is 15.0 Å². The molecule has 0 saturated carbocycles. The second-order valence-corrected chi connectivity index (χ2v) is 5.00. The lowest BCUT2D eigenvalue weighted by molar-refractivity contribution is -0.156. The van der Waals surface area contributed by atoms with Gasteiger partial charge in [0.2, 0.25) is 0 Å². The van der Waals surface area contributed by atoms with Crippen LogP contribution in [0.1, 0.15) is 11.8 Å². The Morgan fingerprint density at radius 3 is 2.67 bits per heavy atom. The van der Waals surface area contributed by atoms with Gasteiger partial charge in [-0.1, -0.05) is 11.3 Å². The van der Waals surface area contributed by atoms with Gasteiger partial charge in [0.15, 0.2) is 5.13 Å². The molecule has 0 spiro atoms. The third kappa shape index (κ3) is 2.44. The maximum Gasteiger partial charge on any atom is 0.312 e. The zero-order chi connectivity index (χ0) is 13.1. The van der Waals surface area contributed by atoms with Gasteiger partial charge in [-0.25, -0.2) is 10.8 Å². The highest BCUT2D eigenvalue weighted by Crippen LogP contribution is 2.19. The Bertz CT molecular complexity index is 461. The number of thiazole rings is 1. The normalized spacial score (nSPS) is 16.3. The summed E-state index contributed by atoms with van der Waals surface area (Å²) >= 11 is 1.37. The van der Waals surface area contributed by atoms with E-state index in [1.807, 2.05) is 6.92 Å². The van der Waals surface area contributed by atoms with E-state index >= 15 is 0 Å². The molecule has 2 amide bonds. The first-order valence-corrected chi connectivity index (χ1v) is 6.46. The molecule has 0 atom stereocenters. The average Bonchev–Trinajstić information content (AvgIpc) is 2.83. The molecule has 18 heavy (non-hydrogen) atoms. The summed E-state index contributed by atoms with van der Waals surface area (Å²) in [4.78, 5) is 31.6. The van der Waals surface area contributed by atoms with E-state index in [4.69, 9.17) is 5.84 Å². The molecule has 7 nitrogen and oxygen atoms in total. The number of nitrogens with one attached hydrogen (secondary N) is 1. The van der Waals surface area contributed by atoms with E-state index in [0.717, 1.165) is 4.88 Å². The van der Waals surface area contributed by atoms with Crippen LogP contribution in [-0.4, -0.2) is 46.2 Å². The van der Waals surface area contributed by atoms with Crippen LogP contribution in [0, 0.1) is 0 Å². The van der Waals surface area contributed by atoms with Crippen molar-refractivity contribution in [3.8, 4) is 0 Å². The lowest BCUT2D eigenvalue weighted by Gasteiger charge is -2.32. The van der Waals surface area contributed by atoms with Crippen molar-refractivity contribution in [2.24, 2.45) is 5.84 Å².